The Morgan fingerprint density at radius 1 is 0.938 bits per heavy atom. The molecule has 5 aromatic rings. The molecule has 1 aliphatic rings. The number of fused-ring (bicyclic) bond motifs is 2. The Balaban J connectivity index is 1.38. The lowest BCUT2D eigenvalue weighted by atomic mass is 9.97. The zero-order valence-electron chi connectivity index (χ0n) is 26.8. The van der Waals surface area contributed by atoms with Crippen LogP contribution in [0.25, 0.3) is 16.8 Å². The second-order valence-electron chi connectivity index (χ2n) is 10.7. The third-order valence-electron chi connectivity index (χ3n) is 7.81. The first kappa shape index (κ1) is 33.3. The molecule has 11 heteroatoms. The second-order valence-corrected chi connectivity index (χ2v) is 12.9. The second kappa shape index (κ2) is 14.7. The molecule has 1 aromatic heterocycles. The highest BCUT2D eigenvalue weighted by Crippen LogP contribution is 2.36. The molecule has 1 atom stereocenters. The largest absolute Gasteiger partial charge is 0.493 e. The van der Waals surface area contributed by atoms with E-state index in [1.54, 1.807) is 25.3 Å². The van der Waals surface area contributed by atoms with Crippen molar-refractivity contribution in [2.45, 2.75) is 26.5 Å². The van der Waals surface area contributed by atoms with Gasteiger partial charge >= 0.3 is 5.97 Å². The van der Waals surface area contributed by atoms with Crippen LogP contribution < -0.4 is 33.8 Å². The average molecular weight is 777 g/mol. The summed E-state index contributed by atoms with van der Waals surface area (Å²) >= 11 is 3.46. The Bertz CT molecular complexity index is 2220. The molecule has 0 amide bonds. The molecular formula is C37H33IN2O7S. The van der Waals surface area contributed by atoms with Crippen LogP contribution in [0, 0.1) is 3.57 Å². The van der Waals surface area contributed by atoms with Gasteiger partial charge in [-0.2, -0.15) is 0 Å². The predicted molar refractivity (Wildman–Crippen MR) is 194 cm³/mol. The molecule has 0 spiro atoms. The zero-order valence-corrected chi connectivity index (χ0v) is 29.8. The first-order chi connectivity index (χ1) is 23.4. The molecule has 0 unspecified atom stereocenters. The molecule has 2 heterocycles. The van der Waals surface area contributed by atoms with Crippen LogP contribution in [0.1, 0.15) is 36.6 Å². The summed E-state index contributed by atoms with van der Waals surface area (Å²) in [6.45, 7) is 5.02. The monoisotopic (exact) mass is 776 g/mol. The van der Waals surface area contributed by atoms with E-state index < -0.39 is 12.0 Å². The van der Waals surface area contributed by atoms with Gasteiger partial charge in [0.2, 0.25) is 0 Å². The number of nitrogens with zero attached hydrogens (tertiary/aromatic N) is 2. The Morgan fingerprint density at radius 2 is 1.71 bits per heavy atom. The van der Waals surface area contributed by atoms with Crippen LogP contribution in [0.2, 0.25) is 0 Å². The maximum Gasteiger partial charge on any atom is 0.337 e. The summed E-state index contributed by atoms with van der Waals surface area (Å²) in [6.07, 6.45) is 3.27. The highest BCUT2D eigenvalue weighted by molar-refractivity contribution is 14.1. The fourth-order valence-corrected chi connectivity index (χ4v) is 7.42. The van der Waals surface area contributed by atoms with Gasteiger partial charge in [0.05, 0.1) is 47.2 Å². The normalized spacial score (nSPS) is 14.1. The van der Waals surface area contributed by atoms with Gasteiger partial charge in [-0.1, -0.05) is 59.9 Å². The number of halogens is 1. The maximum absolute atomic E-state index is 14.1. The molecule has 9 nitrogen and oxygen atoms in total. The zero-order chi connectivity index (χ0) is 33.8. The van der Waals surface area contributed by atoms with Gasteiger partial charge in [0.25, 0.3) is 5.56 Å². The molecule has 1 aliphatic heterocycles. The third kappa shape index (κ3) is 6.56. The fourth-order valence-electron chi connectivity index (χ4n) is 5.67. The van der Waals surface area contributed by atoms with Crippen molar-refractivity contribution in [3.63, 3.8) is 0 Å². The molecule has 0 bridgehead atoms. The van der Waals surface area contributed by atoms with Gasteiger partial charge in [-0.05, 0) is 94.2 Å². The summed E-state index contributed by atoms with van der Waals surface area (Å²) in [5, 5.41) is 2.28. The minimum absolute atomic E-state index is 0.229. The average Bonchev–Trinajstić information content (AvgIpc) is 3.42. The number of aromatic nitrogens is 1. The minimum Gasteiger partial charge on any atom is -0.493 e. The van der Waals surface area contributed by atoms with Crippen LogP contribution in [0.4, 0.5) is 0 Å². The summed E-state index contributed by atoms with van der Waals surface area (Å²) < 4.78 is 31.5. The predicted octanol–water partition coefficient (Wildman–Crippen LogP) is 6.16. The maximum atomic E-state index is 14.1. The summed E-state index contributed by atoms with van der Waals surface area (Å²) in [5.41, 5.74) is 2.41. The Labute approximate surface area is 294 Å². The van der Waals surface area contributed by atoms with Gasteiger partial charge < -0.3 is 23.7 Å². The lowest BCUT2D eigenvalue weighted by Gasteiger charge is -2.23. The van der Waals surface area contributed by atoms with E-state index in [1.165, 1.54) is 29.2 Å². The molecule has 0 fully saturated rings. The first-order valence-electron chi connectivity index (χ1n) is 15.3. The first-order valence-corrected chi connectivity index (χ1v) is 17.2. The summed E-state index contributed by atoms with van der Waals surface area (Å²) in [4.78, 5) is 32.0. The molecule has 246 valence electrons. The molecule has 4 aromatic carbocycles. The number of carbonyl (C=O) groups excluding carboxylic acids is 1. The highest BCUT2D eigenvalue weighted by atomic mass is 127. The third-order valence-corrected chi connectivity index (χ3v) is 9.61. The number of esters is 1. The van der Waals surface area contributed by atoms with Crippen molar-refractivity contribution >= 4 is 56.7 Å². The number of methoxy groups -OCH3 is 2. The number of ether oxygens (including phenoxy) is 5. The van der Waals surface area contributed by atoms with Crippen LogP contribution in [-0.2, 0) is 16.1 Å². The van der Waals surface area contributed by atoms with Gasteiger partial charge in [0, 0.05) is 6.20 Å². The van der Waals surface area contributed by atoms with Crippen molar-refractivity contribution in [3.05, 3.63) is 125 Å². The standard InChI is InChI=1S/C37H33IN2O7S/c1-5-45-29-15-14-24(19-30(29)46-6-2)33-27(36(42)44-4)20-39-37-40(33)35(41)32(48-37)18-22-16-28(38)34(31(17-22)43-3)47-21-25-12-9-11-23-10-7-8-13-26(23)25/h7-20,33H,5-6,21H2,1-4H3/b32-18-/t33-/m0/s1. The molecule has 48 heavy (non-hydrogen) atoms. The molecule has 0 saturated heterocycles. The van der Waals surface area contributed by atoms with Gasteiger partial charge in [-0.15, -0.1) is 0 Å². The van der Waals surface area contributed by atoms with E-state index in [4.69, 9.17) is 23.7 Å². The Kier molecular flexibility index (Phi) is 10.2. The van der Waals surface area contributed by atoms with E-state index in [-0.39, 0.29) is 11.1 Å². The number of rotatable bonds is 11. The summed E-state index contributed by atoms with van der Waals surface area (Å²) in [5.74, 6) is 1.68. The van der Waals surface area contributed by atoms with E-state index >= 15 is 0 Å². The van der Waals surface area contributed by atoms with E-state index in [0.717, 1.165) is 25.5 Å². The van der Waals surface area contributed by atoms with Gasteiger partial charge in [0.15, 0.2) is 27.8 Å². The summed E-state index contributed by atoms with van der Waals surface area (Å²) in [7, 11) is 2.90. The summed E-state index contributed by atoms with van der Waals surface area (Å²) in [6, 6.07) is 22.8. The van der Waals surface area contributed by atoms with E-state index in [2.05, 4.69) is 51.8 Å². The van der Waals surface area contributed by atoms with Crippen LogP contribution >= 0.6 is 33.9 Å². The number of hydrogen-bond donors (Lipinski definition) is 0. The van der Waals surface area contributed by atoms with Crippen molar-refractivity contribution in [1.82, 2.24) is 4.57 Å². The van der Waals surface area contributed by atoms with Gasteiger partial charge in [0.1, 0.15) is 6.61 Å². The molecule has 0 radical (unpaired) electrons. The van der Waals surface area contributed by atoms with Crippen LogP contribution in [0.15, 0.2) is 94.4 Å². The lowest BCUT2D eigenvalue weighted by Crippen LogP contribution is -2.39. The van der Waals surface area contributed by atoms with Crippen molar-refractivity contribution in [2.24, 2.45) is 4.99 Å². The van der Waals surface area contributed by atoms with Crippen LogP contribution in [-0.4, -0.2) is 38.0 Å². The molecule has 0 saturated carbocycles. The van der Waals surface area contributed by atoms with Crippen molar-refractivity contribution in [3.8, 4) is 23.0 Å². The number of benzene rings is 4. The number of thiazole rings is 1. The van der Waals surface area contributed by atoms with Crippen LogP contribution in [0.5, 0.6) is 23.0 Å². The van der Waals surface area contributed by atoms with Gasteiger partial charge in [-0.25, -0.2) is 9.79 Å². The molecule has 0 N–H and O–H groups in total. The molecular weight excluding hydrogens is 743 g/mol. The van der Waals surface area contributed by atoms with E-state index in [9.17, 15) is 9.59 Å². The van der Waals surface area contributed by atoms with E-state index in [0.29, 0.717) is 57.7 Å². The fraction of sp³-hybridized carbons (Fsp3) is 0.216. The van der Waals surface area contributed by atoms with Gasteiger partial charge in [-0.3, -0.25) is 9.36 Å². The molecule has 0 aliphatic carbocycles. The van der Waals surface area contributed by atoms with E-state index in [1.807, 2.05) is 50.2 Å². The quantitative estimate of drug-likeness (QED) is 0.117. The Morgan fingerprint density at radius 3 is 2.48 bits per heavy atom. The van der Waals surface area contributed by atoms with Crippen molar-refractivity contribution in [1.29, 1.82) is 0 Å². The SMILES string of the molecule is CCOc1ccc([C@H]2C(C(=O)OC)=CN=c3s/c(=C\c4cc(I)c(OCc5cccc6ccccc56)c(OC)c4)c(=O)n32)cc1OCC. The molecule has 6 rings (SSSR count). The topological polar surface area (TPSA) is 97.6 Å². The number of carbonyl (C=O) groups is 1. The smallest absolute Gasteiger partial charge is 0.337 e. The lowest BCUT2D eigenvalue weighted by molar-refractivity contribution is -0.136. The highest BCUT2D eigenvalue weighted by Gasteiger charge is 2.31. The number of hydrogen-bond acceptors (Lipinski definition) is 9. The van der Waals surface area contributed by atoms with Crippen LogP contribution in [0.3, 0.4) is 0 Å². The minimum atomic E-state index is -0.787. The Hall–Kier alpha value is -4.62. The van der Waals surface area contributed by atoms with Crippen molar-refractivity contribution in [2.75, 3.05) is 27.4 Å². The van der Waals surface area contributed by atoms with Crippen molar-refractivity contribution < 1.29 is 28.5 Å².